The van der Waals surface area contributed by atoms with Gasteiger partial charge in [0.2, 0.25) is 0 Å². The van der Waals surface area contributed by atoms with Crippen LogP contribution in [0.4, 0.5) is 11.4 Å². The maximum absolute atomic E-state index is 13.0. The number of fused-ring (bicyclic) bond motifs is 6. The monoisotopic (exact) mass is 743 g/mol. The van der Waals surface area contributed by atoms with Gasteiger partial charge in [0.1, 0.15) is 11.5 Å². The number of aryl methyl sites for hydroxylation is 2. The van der Waals surface area contributed by atoms with Gasteiger partial charge in [-0.2, -0.15) is 0 Å². The third-order valence-corrected chi connectivity index (χ3v) is 6.26. The van der Waals surface area contributed by atoms with Gasteiger partial charge in [-0.25, -0.2) is 4.79 Å². The van der Waals surface area contributed by atoms with E-state index >= 15 is 0 Å². The topological polar surface area (TPSA) is 60.2 Å². The Morgan fingerprint density at radius 3 is 2.11 bits per heavy atom. The molecule has 0 amide bonds. The van der Waals surface area contributed by atoms with E-state index in [0.29, 0.717) is 26.5 Å². The predicted octanol–water partition coefficient (Wildman–Crippen LogP) is 8.86. The van der Waals surface area contributed by atoms with Crippen molar-refractivity contribution in [3.8, 4) is 11.5 Å². The van der Waals surface area contributed by atoms with Crippen molar-refractivity contribution in [1.29, 1.82) is 0 Å². The van der Waals surface area contributed by atoms with Crippen molar-refractivity contribution in [1.82, 2.24) is 0 Å². The number of aliphatic imine (C=N–C) groups is 2. The Labute approximate surface area is 241 Å². The number of hydrogen-bond acceptors (Lipinski definition) is 5. The number of unbranched alkanes of at least 4 members (excludes halogenated alkanes) is 1. The SMILES string of the molecule is CC=Nc1cc2c(cc1C)C1(OC(=O)c3ccccc31)c1cc(C)c(N=CCCC)cc1O2.[I][V][I]. The van der Waals surface area contributed by atoms with Crippen LogP contribution in [0, 0.1) is 13.8 Å². The van der Waals surface area contributed by atoms with E-state index in [1.54, 1.807) is 6.21 Å². The summed E-state index contributed by atoms with van der Waals surface area (Å²) in [4.78, 5) is 22.2. The van der Waals surface area contributed by atoms with Crippen molar-refractivity contribution < 1.29 is 23.7 Å². The molecule has 1 atom stereocenters. The van der Waals surface area contributed by atoms with Crippen LogP contribution < -0.4 is 4.74 Å². The Kier molecular flexibility index (Phi) is 8.96. The van der Waals surface area contributed by atoms with Crippen LogP contribution in [-0.4, -0.2) is 18.4 Å². The fourth-order valence-electron chi connectivity index (χ4n) is 4.66. The molecule has 0 saturated carbocycles. The summed E-state index contributed by atoms with van der Waals surface area (Å²) < 4.78 is 12.7. The van der Waals surface area contributed by atoms with E-state index in [2.05, 4.69) is 56.9 Å². The molecule has 8 heteroatoms. The van der Waals surface area contributed by atoms with Crippen LogP contribution in [0.3, 0.4) is 0 Å². The minimum atomic E-state index is -1.08. The summed E-state index contributed by atoms with van der Waals surface area (Å²) >= 11 is 4.74. The van der Waals surface area contributed by atoms with E-state index in [0.717, 1.165) is 52.0 Å². The molecular weight excluding hydrogens is 717 g/mol. The first-order chi connectivity index (χ1) is 17.4. The van der Waals surface area contributed by atoms with Crippen LogP contribution in [0.2, 0.25) is 0 Å². The van der Waals surface area contributed by atoms with Crippen LogP contribution in [0.5, 0.6) is 11.5 Å². The summed E-state index contributed by atoms with van der Waals surface area (Å²) in [6.07, 6.45) is 5.64. The predicted molar refractivity (Wildman–Crippen MR) is 159 cm³/mol. The number of nitrogens with zero attached hydrogens (tertiary/aromatic N) is 2. The molecule has 1 spiro atoms. The maximum atomic E-state index is 13.0. The van der Waals surface area contributed by atoms with Crippen LogP contribution >= 0.6 is 40.0 Å². The van der Waals surface area contributed by atoms with E-state index in [-0.39, 0.29) is 5.97 Å². The summed E-state index contributed by atoms with van der Waals surface area (Å²) in [7, 11) is 0.628. The minimum absolute atomic E-state index is 0.333. The number of esters is 1. The van der Waals surface area contributed by atoms with Gasteiger partial charge >= 0.3 is 55.4 Å². The van der Waals surface area contributed by atoms with Crippen molar-refractivity contribution in [2.45, 2.75) is 46.1 Å². The van der Waals surface area contributed by atoms with E-state index in [4.69, 9.17) is 9.47 Å². The van der Waals surface area contributed by atoms with E-state index in [1.165, 1.54) is 0 Å². The number of ether oxygens (including phenoxy) is 2. The van der Waals surface area contributed by atoms with Crippen molar-refractivity contribution in [2.24, 2.45) is 9.98 Å². The molecule has 3 aromatic carbocycles. The van der Waals surface area contributed by atoms with Gasteiger partial charge in [-0.3, -0.25) is 9.98 Å². The number of benzene rings is 3. The van der Waals surface area contributed by atoms with E-state index < -0.39 is 5.60 Å². The first-order valence-electron chi connectivity index (χ1n) is 11.7. The molecular formula is C28H26I2N2O3V. The zero-order valence-electron chi connectivity index (χ0n) is 20.5. The van der Waals surface area contributed by atoms with Crippen LogP contribution in [0.1, 0.15) is 64.9 Å². The van der Waals surface area contributed by atoms with Crippen molar-refractivity contribution >= 4 is 69.7 Å². The second-order valence-electron chi connectivity index (χ2n) is 8.54. The summed E-state index contributed by atoms with van der Waals surface area (Å²) in [6.45, 7) is 8.04. The summed E-state index contributed by atoms with van der Waals surface area (Å²) in [6, 6.07) is 15.5. The zero-order chi connectivity index (χ0) is 25.9. The van der Waals surface area contributed by atoms with Gasteiger partial charge in [0.05, 0.1) is 16.9 Å². The Morgan fingerprint density at radius 2 is 1.53 bits per heavy atom. The van der Waals surface area contributed by atoms with Crippen LogP contribution in [0.25, 0.3) is 0 Å². The molecule has 5 nitrogen and oxygen atoms in total. The molecule has 0 aromatic heterocycles. The molecule has 0 bridgehead atoms. The van der Waals surface area contributed by atoms with Gasteiger partial charge in [-0.1, -0.05) is 31.5 Å². The van der Waals surface area contributed by atoms with Crippen molar-refractivity contribution in [2.75, 3.05) is 0 Å². The molecule has 0 aliphatic carbocycles. The third-order valence-electron chi connectivity index (χ3n) is 6.26. The average molecular weight is 743 g/mol. The number of rotatable bonds is 4. The van der Waals surface area contributed by atoms with Gasteiger partial charge in [-0.05, 0) is 56.5 Å². The fourth-order valence-corrected chi connectivity index (χ4v) is 4.66. The molecule has 1 unspecified atom stereocenters. The number of hydrogen-bond donors (Lipinski definition) is 0. The average Bonchev–Trinajstić information content (AvgIpc) is 3.15. The Morgan fingerprint density at radius 1 is 0.944 bits per heavy atom. The Bertz CT molecular complexity index is 1370. The van der Waals surface area contributed by atoms with Gasteiger partial charge in [0, 0.05) is 41.3 Å². The van der Waals surface area contributed by atoms with E-state index in [9.17, 15) is 4.79 Å². The second kappa shape index (κ2) is 11.8. The third kappa shape index (κ3) is 4.91. The Balaban J connectivity index is 0.000000967. The summed E-state index contributed by atoms with van der Waals surface area (Å²) in [5.41, 5.74) is 5.59. The molecule has 2 heterocycles. The molecule has 5 rings (SSSR count). The van der Waals surface area contributed by atoms with Gasteiger partial charge in [0.15, 0.2) is 5.60 Å². The van der Waals surface area contributed by atoms with Crippen molar-refractivity contribution in [3.05, 3.63) is 81.9 Å². The molecule has 2 aliphatic rings. The first kappa shape index (κ1) is 27.4. The molecule has 0 fully saturated rings. The number of carbonyl (C=O) groups excluding carboxylic acids is 1. The van der Waals surface area contributed by atoms with Gasteiger partial charge < -0.3 is 9.47 Å². The van der Waals surface area contributed by atoms with Crippen LogP contribution in [0.15, 0.2) is 58.5 Å². The number of halogens is 2. The normalized spacial score (nSPS) is 17.2. The quantitative estimate of drug-likeness (QED) is 0.153. The zero-order valence-corrected chi connectivity index (χ0v) is 26.2. The molecule has 2 aliphatic heterocycles. The summed E-state index contributed by atoms with van der Waals surface area (Å²) in [5, 5.41) is 0. The van der Waals surface area contributed by atoms with Crippen LogP contribution in [-0.2, 0) is 19.8 Å². The first-order valence-corrected chi connectivity index (χ1v) is 20.7. The summed E-state index contributed by atoms with van der Waals surface area (Å²) in [5.74, 6) is 0.933. The standard InChI is InChI=1S/C28H26N2O3.2HI.V/c1-5-7-12-30-24-16-26-22(14-18(24)4)28(20-11-9-8-10-19(20)27(31)33-28)21-13-17(3)23(29-6-2)15-25(21)32-26;;;/h6,8-16H,5,7H2,1-4H3;2*1H;/q;;;+2/p-2. The fraction of sp³-hybridized carbons (Fsp3) is 0.250. The number of carbonyl (C=O) groups is 1. The van der Waals surface area contributed by atoms with Gasteiger partial charge in [-0.15, -0.1) is 0 Å². The Hall–Kier alpha value is -1.69. The molecule has 3 aromatic rings. The van der Waals surface area contributed by atoms with Crippen molar-refractivity contribution in [3.63, 3.8) is 0 Å². The molecule has 0 N–H and O–H groups in total. The molecule has 0 radical (unpaired) electrons. The molecule has 185 valence electrons. The second-order valence-corrected chi connectivity index (χ2v) is 20.3. The van der Waals surface area contributed by atoms with E-state index in [1.807, 2.05) is 75.5 Å². The van der Waals surface area contributed by atoms with Gasteiger partial charge in [0.25, 0.3) is 0 Å². The molecule has 0 saturated heterocycles. The molecule has 36 heavy (non-hydrogen) atoms.